The molecule has 8 nitrogen and oxygen atoms in total. The van der Waals surface area contributed by atoms with Crippen LogP contribution in [0.25, 0.3) is 10.2 Å². The second-order valence-corrected chi connectivity index (χ2v) is 12.2. The fourth-order valence-corrected chi connectivity index (χ4v) is 6.90. The lowest BCUT2D eigenvalue weighted by Crippen LogP contribution is -2.38. The van der Waals surface area contributed by atoms with Crippen LogP contribution in [0.3, 0.4) is 0 Å². The highest BCUT2D eigenvalue weighted by atomic mass is 32.2. The number of amides is 1. The molecule has 3 aromatic carbocycles. The van der Waals surface area contributed by atoms with Crippen molar-refractivity contribution in [3.05, 3.63) is 89.5 Å². The van der Waals surface area contributed by atoms with Crippen molar-refractivity contribution in [2.24, 2.45) is 5.92 Å². The minimum atomic E-state index is -0.898. The van der Waals surface area contributed by atoms with Gasteiger partial charge in [0, 0.05) is 29.8 Å². The Morgan fingerprint density at radius 3 is 2.44 bits per heavy atom. The molecule has 10 heteroatoms. The standard InChI is InChI=1S/C31H32N2O6S2/c1-18-26(17-40-31-33-25-6-4-5-7-27(25)41-31)38-30(39-28(18)22-10-8-21(16-34)9-11-22)23-12-14-24(15-13-23)32-29(36)19(2)37-20(3)35/h4-15,18-19,26,28,30,34H,16-17H2,1-3H3,(H,32,36). The number of fused-ring (bicyclic) bond motifs is 1. The summed E-state index contributed by atoms with van der Waals surface area (Å²) in [6.45, 7) is 4.91. The molecule has 4 aromatic rings. The molecule has 1 aromatic heterocycles. The predicted molar refractivity (Wildman–Crippen MR) is 160 cm³/mol. The van der Waals surface area contributed by atoms with Gasteiger partial charge in [0.05, 0.1) is 29.0 Å². The molecule has 1 fully saturated rings. The van der Waals surface area contributed by atoms with Gasteiger partial charge in [0.15, 0.2) is 16.7 Å². The van der Waals surface area contributed by atoms with E-state index in [4.69, 9.17) is 19.2 Å². The zero-order chi connectivity index (χ0) is 28.9. The Hall–Kier alpha value is -3.28. The monoisotopic (exact) mass is 592 g/mol. The van der Waals surface area contributed by atoms with E-state index in [1.54, 1.807) is 35.2 Å². The molecule has 41 heavy (non-hydrogen) atoms. The van der Waals surface area contributed by atoms with Gasteiger partial charge in [-0.2, -0.15) is 0 Å². The summed E-state index contributed by atoms with van der Waals surface area (Å²) in [4.78, 5) is 28.3. The van der Waals surface area contributed by atoms with Crippen molar-refractivity contribution in [2.75, 3.05) is 11.1 Å². The maximum absolute atomic E-state index is 12.3. The SMILES string of the molecule is CC(=O)OC(C)C(=O)Nc1ccc(C2OC(CSc3nc4ccccc4s3)C(C)C(c3ccc(CO)cc3)O2)cc1. The average molecular weight is 593 g/mol. The van der Waals surface area contributed by atoms with E-state index < -0.39 is 24.3 Å². The highest BCUT2D eigenvalue weighted by Gasteiger charge is 2.38. The number of thioether (sulfide) groups is 1. The lowest BCUT2D eigenvalue weighted by molar-refractivity contribution is -0.268. The molecule has 2 heterocycles. The summed E-state index contributed by atoms with van der Waals surface area (Å²) in [5, 5.41) is 12.3. The smallest absolute Gasteiger partial charge is 0.303 e. The summed E-state index contributed by atoms with van der Waals surface area (Å²) in [5.74, 6) is -0.172. The molecule has 0 bridgehead atoms. The van der Waals surface area contributed by atoms with E-state index >= 15 is 0 Å². The van der Waals surface area contributed by atoms with Crippen LogP contribution >= 0.6 is 23.1 Å². The molecule has 0 radical (unpaired) electrons. The molecule has 1 saturated heterocycles. The number of aromatic nitrogens is 1. The van der Waals surface area contributed by atoms with Crippen molar-refractivity contribution in [3.63, 3.8) is 0 Å². The van der Waals surface area contributed by atoms with Gasteiger partial charge in [0.25, 0.3) is 5.91 Å². The van der Waals surface area contributed by atoms with Crippen LogP contribution in [0.4, 0.5) is 5.69 Å². The maximum Gasteiger partial charge on any atom is 0.303 e. The van der Waals surface area contributed by atoms with Crippen LogP contribution in [-0.2, 0) is 30.4 Å². The number of hydrogen-bond donors (Lipinski definition) is 2. The van der Waals surface area contributed by atoms with Gasteiger partial charge in [-0.05, 0) is 42.3 Å². The van der Waals surface area contributed by atoms with Gasteiger partial charge in [-0.3, -0.25) is 9.59 Å². The first kappa shape index (κ1) is 29.2. The summed E-state index contributed by atoms with van der Waals surface area (Å²) < 4.78 is 20.2. The van der Waals surface area contributed by atoms with E-state index in [1.165, 1.54) is 13.8 Å². The number of carbonyl (C=O) groups is 2. The Morgan fingerprint density at radius 1 is 1.05 bits per heavy atom. The fourth-order valence-electron chi connectivity index (χ4n) is 4.65. The number of benzene rings is 3. The molecule has 1 aliphatic rings. The van der Waals surface area contributed by atoms with Crippen LogP contribution in [0, 0.1) is 5.92 Å². The van der Waals surface area contributed by atoms with Crippen molar-refractivity contribution in [3.8, 4) is 0 Å². The largest absolute Gasteiger partial charge is 0.453 e. The molecule has 0 spiro atoms. The van der Waals surface area contributed by atoms with Crippen molar-refractivity contribution < 1.29 is 28.9 Å². The zero-order valence-corrected chi connectivity index (χ0v) is 24.6. The number of esters is 1. The third-order valence-corrected chi connectivity index (χ3v) is 9.20. The topological polar surface area (TPSA) is 107 Å². The van der Waals surface area contributed by atoms with Gasteiger partial charge in [-0.25, -0.2) is 4.98 Å². The molecular formula is C31H32N2O6S2. The lowest BCUT2D eigenvalue weighted by Gasteiger charge is -2.41. The fraction of sp³-hybridized carbons (Fsp3) is 0.323. The molecule has 5 rings (SSSR count). The molecule has 1 aliphatic heterocycles. The Bertz CT molecular complexity index is 1460. The van der Waals surface area contributed by atoms with Crippen molar-refractivity contribution >= 4 is 50.9 Å². The molecule has 214 valence electrons. The summed E-state index contributed by atoms with van der Waals surface area (Å²) in [6.07, 6.45) is -1.88. The molecule has 5 unspecified atom stereocenters. The number of ether oxygens (including phenoxy) is 3. The number of nitrogens with zero attached hydrogens (tertiary/aromatic N) is 1. The number of rotatable bonds is 9. The van der Waals surface area contributed by atoms with Crippen LogP contribution in [0.5, 0.6) is 0 Å². The molecule has 0 aliphatic carbocycles. The summed E-state index contributed by atoms with van der Waals surface area (Å²) in [7, 11) is 0. The molecule has 0 saturated carbocycles. The van der Waals surface area contributed by atoms with Gasteiger partial charge in [-0.15, -0.1) is 11.3 Å². The highest BCUT2D eigenvalue weighted by Crippen LogP contribution is 2.43. The summed E-state index contributed by atoms with van der Waals surface area (Å²) >= 11 is 3.36. The number of aliphatic hydroxyl groups is 1. The van der Waals surface area contributed by atoms with Gasteiger partial charge < -0.3 is 24.6 Å². The molecule has 5 atom stereocenters. The number of aliphatic hydroxyl groups excluding tert-OH is 1. The van der Waals surface area contributed by atoms with Gasteiger partial charge in [0.2, 0.25) is 0 Å². The second-order valence-electron chi connectivity index (χ2n) is 9.94. The first-order chi connectivity index (χ1) is 19.8. The Labute approximate surface area is 247 Å². The van der Waals surface area contributed by atoms with Crippen molar-refractivity contribution in [1.82, 2.24) is 4.98 Å². The van der Waals surface area contributed by atoms with Crippen molar-refractivity contribution in [2.45, 2.75) is 56.3 Å². The predicted octanol–water partition coefficient (Wildman–Crippen LogP) is 6.26. The molecule has 2 N–H and O–H groups in total. The van der Waals surface area contributed by atoms with E-state index in [0.717, 1.165) is 31.2 Å². The minimum Gasteiger partial charge on any atom is -0.453 e. The van der Waals surface area contributed by atoms with Crippen LogP contribution in [0.1, 0.15) is 49.9 Å². The number of para-hydroxylation sites is 1. The van der Waals surface area contributed by atoms with E-state index in [0.29, 0.717) is 11.4 Å². The number of carbonyl (C=O) groups excluding carboxylic acids is 2. The summed E-state index contributed by atoms with van der Waals surface area (Å²) in [6, 6.07) is 23.2. The molecule has 1 amide bonds. The number of anilines is 1. The van der Waals surface area contributed by atoms with Gasteiger partial charge in [0.1, 0.15) is 0 Å². The Kier molecular flexibility index (Phi) is 9.36. The first-order valence-corrected chi connectivity index (χ1v) is 15.2. The summed E-state index contributed by atoms with van der Waals surface area (Å²) in [5.41, 5.74) is 4.24. The Morgan fingerprint density at radius 2 is 1.76 bits per heavy atom. The number of thiazole rings is 1. The number of hydrogen-bond acceptors (Lipinski definition) is 9. The quantitative estimate of drug-likeness (QED) is 0.173. The number of nitrogens with one attached hydrogen (secondary N) is 1. The van der Waals surface area contributed by atoms with Gasteiger partial charge in [-0.1, -0.05) is 67.2 Å². The zero-order valence-electron chi connectivity index (χ0n) is 23.0. The third-order valence-electron chi connectivity index (χ3n) is 6.93. The average Bonchev–Trinajstić information content (AvgIpc) is 3.40. The Balaban J connectivity index is 1.33. The maximum atomic E-state index is 12.3. The molecular weight excluding hydrogens is 560 g/mol. The second kappa shape index (κ2) is 13.1. The minimum absolute atomic E-state index is 0.0168. The van der Waals surface area contributed by atoms with E-state index in [9.17, 15) is 14.7 Å². The van der Waals surface area contributed by atoms with E-state index in [-0.39, 0.29) is 24.7 Å². The van der Waals surface area contributed by atoms with E-state index in [2.05, 4.69) is 18.3 Å². The van der Waals surface area contributed by atoms with Gasteiger partial charge >= 0.3 is 5.97 Å². The third kappa shape index (κ3) is 7.14. The van der Waals surface area contributed by atoms with E-state index in [1.807, 2.05) is 54.6 Å². The first-order valence-electron chi connectivity index (χ1n) is 13.4. The normalized spacial score (nSPS) is 21.4. The van der Waals surface area contributed by atoms with Crippen LogP contribution in [0.2, 0.25) is 0 Å². The van der Waals surface area contributed by atoms with Crippen LogP contribution in [-0.4, -0.2) is 39.9 Å². The van der Waals surface area contributed by atoms with Crippen LogP contribution in [0.15, 0.2) is 77.1 Å². The van der Waals surface area contributed by atoms with Crippen LogP contribution < -0.4 is 5.32 Å². The van der Waals surface area contributed by atoms with Crippen molar-refractivity contribution in [1.29, 1.82) is 0 Å². The highest BCUT2D eigenvalue weighted by molar-refractivity contribution is 8.01. The lowest BCUT2D eigenvalue weighted by atomic mass is 9.91.